The summed E-state index contributed by atoms with van der Waals surface area (Å²) in [7, 11) is 0. The summed E-state index contributed by atoms with van der Waals surface area (Å²) in [6.07, 6.45) is 0. The van der Waals surface area contributed by atoms with E-state index in [0.29, 0.717) is 0 Å². The standard InChI is InChI=1S/C15H14N2O4/c1-2-21-15(20)10-7-8-14(19)12(9-10)17-16-11-5-3-4-6-13(11)18/h3-9,18-19H,2H2,1H3/b17-16+. The van der Waals surface area contributed by atoms with Crippen LogP contribution in [0.2, 0.25) is 0 Å². The molecule has 0 atom stereocenters. The third kappa shape index (κ3) is 3.56. The summed E-state index contributed by atoms with van der Waals surface area (Å²) in [5.74, 6) is -0.652. The van der Waals surface area contributed by atoms with Gasteiger partial charge in [0.15, 0.2) is 0 Å². The van der Waals surface area contributed by atoms with Gasteiger partial charge >= 0.3 is 5.97 Å². The average molecular weight is 286 g/mol. The molecule has 21 heavy (non-hydrogen) atoms. The molecule has 0 radical (unpaired) electrons. The largest absolute Gasteiger partial charge is 0.506 e. The van der Waals surface area contributed by atoms with Crippen molar-refractivity contribution in [3.8, 4) is 11.5 Å². The van der Waals surface area contributed by atoms with E-state index in [4.69, 9.17) is 4.74 Å². The van der Waals surface area contributed by atoms with Gasteiger partial charge < -0.3 is 14.9 Å². The van der Waals surface area contributed by atoms with Gasteiger partial charge in [0.1, 0.15) is 22.9 Å². The normalized spacial score (nSPS) is 10.7. The number of ether oxygens (including phenoxy) is 1. The third-order valence-electron chi connectivity index (χ3n) is 2.63. The first-order chi connectivity index (χ1) is 10.1. The number of benzene rings is 2. The van der Waals surface area contributed by atoms with E-state index in [2.05, 4.69) is 10.2 Å². The molecule has 0 fully saturated rings. The molecular formula is C15H14N2O4. The summed E-state index contributed by atoms with van der Waals surface area (Å²) in [6.45, 7) is 1.96. The topological polar surface area (TPSA) is 91.5 Å². The zero-order chi connectivity index (χ0) is 15.2. The number of nitrogens with zero attached hydrogens (tertiary/aromatic N) is 2. The summed E-state index contributed by atoms with van der Waals surface area (Å²) in [5, 5.41) is 27.0. The summed E-state index contributed by atoms with van der Waals surface area (Å²) in [6, 6.07) is 10.6. The first kappa shape index (κ1) is 14.5. The van der Waals surface area contributed by atoms with Gasteiger partial charge in [0.05, 0.1) is 12.2 Å². The van der Waals surface area contributed by atoms with E-state index < -0.39 is 5.97 Å². The highest BCUT2D eigenvalue weighted by Gasteiger charge is 2.10. The van der Waals surface area contributed by atoms with Crippen LogP contribution in [0.5, 0.6) is 11.5 Å². The highest BCUT2D eigenvalue weighted by Crippen LogP contribution is 2.31. The molecular weight excluding hydrogens is 272 g/mol. The van der Waals surface area contributed by atoms with Gasteiger partial charge in [-0.15, -0.1) is 10.2 Å². The Bertz CT molecular complexity index is 683. The Morgan fingerprint density at radius 2 is 1.71 bits per heavy atom. The molecule has 2 rings (SSSR count). The van der Waals surface area contributed by atoms with Crippen LogP contribution in [0.4, 0.5) is 11.4 Å². The van der Waals surface area contributed by atoms with Crippen molar-refractivity contribution < 1.29 is 19.7 Å². The zero-order valence-corrected chi connectivity index (χ0v) is 11.4. The van der Waals surface area contributed by atoms with E-state index in [1.807, 2.05) is 0 Å². The predicted molar refractivity (Wildman–Crippen MR) is 76.3 cm³/mol. The summed E-state index contributed by atoms with van der Waals surface area (Å²) >= 11 is 0. The van der Waals surface area contributed by atoms with Crippen molar-refractivity contribution in [3.63, 3.8) is 0 Å². The molecule has 2 aromatic rings. The van der Waals surface area contributed by atoms with E-state index >= 15 is 0 Å². The van der Waals surface area contributed by atoms with E-state index in [1.54, 1.807) is 25.1 Å². The molecule has 0 spiro atoms. The Kier molecular flexibility index (Phi) is 4.50. The lowest BCUT2D eigenvalue weighted by Gasteiger charge is -2.03. The maximum atomic E-state index is 11.6. The SMILES string of the molecule is CCOC(=O)c1ccc(O)c(/N=N/c2ccccc2O)c1. The van der Waals surface area contributed by atoms with Crippen LogP contribution in [-0.4, -0.2) is 22.8 Å². The van der Waals surface area contributed by atoms with Crippen LogP contribution in [0.15, 0.2) is 52.7 Å². The lowest BCUT2D eigenvalue weighted by atomic mass is 10.2. The molecule has 108 valence electrons. The first-order valence-corrected chi connectivity index (χ1v) is 6.31. The number of para-hydroxylation sites is 1. The lowest BCUT2D eigenvalue weighted by Crippen LogP contribution is -2.03. The van der Waals surface area contributed by atoms with E-state index in [0.717, 1.165) is 0 Å². The quantitative estimate of drug-likeness (QED) is 0.662. The van der Waals surface area contributed by atoms with Gasteiger partial charge in [0.2, 0.25) is 0 Å². The number of aromatic hydroxyl groups is 2. The maximum Gasteiger partial charge on any atom is 0.338 e. The second kappa shape index (κ2) is 6.51. The highest BCUT2D eigenvalue weighted by atomic mass is 16.5. The van der Waals surface area contributed by atoms with Gasteiger partial charge in [0.25, 0.3) is 0 Å². The number of phenols is 2. The molecule has 0 amide bonds. The van der Waals surface area contributed by atoms with Crippen LogP contribution >= 0.6 is 0 Å². The van der Waals surface area contributed by atoms with Crippen molar-refractivity contribution in [1.29, 1.82) is 0 Å². The van der Waals surface area contributed by atoms with Gasteiger partial charge in [-0.05, 0) is 37.3 Å². The summed E-state index contributed by atoms with van der Waals surface area (Å²) in [4.78, 5) is 11.6. The van der Waals surface area contributed by atoms with Crippen LogP contribution < -0.4 is 0 Å². The van der Waals surface area contributed by atoms with Crippen LogP contribution in [0.25, 0.3) is 0 Å². The number of hydrogen-bond donors (Lipinski definition) is 2. The predicted octanol–water partition coefficient (Wildman–Crippen LogP) is 3.69. The van der Waals surface area contributed by atoms with Gasteiger partial charge in [-0.2, -0.15) is 0 Å². The molecule has 6 heteroatoms. The fraction of sp³-hybridized carbons (Fsp3) is 0.133. The third-order valence-corrected chi connectivity index (χ3v) is 2.63. The number of carbonyl (C=O) groups is 1. The minimum Gasteiger partial charge on any atom is -0.506 e. The fourth-order valence-corrected chi connectivity index (χ4v) is 1.60. The molecule has 0 aliphatic heterocycles. The summed E-state index contributed by atoms with van der Waals surface area (Å²) < 4.78 is 4.87. The van der Waals surface area contributed by atoms with Gasteiger partial charge in [-0.1, -0.05) is 12.1 Å². The number of hydrogen-bond acceptors (Lipinski definition) is 6. The number of rotatable bonds is 4. The van der Waals surface area contributed by atoms with Crippen molar-refractivity contribution in [2.24, 2.45) is 10.2 Å². The van der Waals surface area contributed by atoms with E-state index in [9.17, 15) is 15.0 Å². The van der Waals surface area contributed by atoms with Crippen molar-refractivity contribution in [3.05, 3.63) is 48.0 Å². The molecule has 6 nitrogen and oxygen atoms in total. The molecule has 2 N–H and O–H groups in total. The van der Waals surface area contributed by atoms with Crippen LogP contribution in [0.3, 0.4) is 0 Å². The Morgan fingerprint density at radius 1 is 1.05 bits per heavy atom. The zero-order valence-electron chi connectivity index (χ0n) is 11.4. The monoisotopic (exact) mass is 286 g/mol. The minimum atomic E-state index is -0.503. The second-order valence-corrected chi connectivity index (χ2v) is 4.11. The van der Waals surface area contributed by atoms with Gasteiger partial charge in [-0.3, -0.25) is 0 Å². The smallest absolute Gasteiger partial charge is 0.338 e. The van der Waals surface area contributed by atoms with Gasteiger partial charge in [-0.25, -0.2) is 4.79 Å². The molecule has 0 aliphatic rings. The van der Waals surface area contributed by atoms with Crippen LogP contribution in [0, 0.1) is 0 Å². The number of phenolic OH excluding ortho intramolecular Hbond substituents is 2. The highest BCUT2D eigenvalue weighted by molar-refractivity contribution is 5.90. The molecule has 0 aliphatic carbocycles. The van der Waals surface area contributed by atoms with Crippen molar-refractivity contribution in [1.82, 2.24) is 0 Å². The fourth-order valence-electron chi connectivity index (χ4n) is 1.60. The number of azo groups is 1. The molecule has 0 unspecified atom stereocenters. The molecule has 0 saturated heterocycles. The molecule has 0 heterocycles. The Balaban J connectivity index is 2.29. The van der Waals surface area contributed by atoms with Gasteiger partial charge in [0, 0.05) is 0 Å². The average Bonchev–Trinajstić information content (AvgIpc) is 2.48. The molecule has 0 bridgehead atoms. The minimum absolute atomic E-state index is 0.0257. The molecule has 0 saturated carbocycles. The molecule has 2 aromatic carbocycles. The van der Waals surface area contributed by atoms with Crippen molar-refractivity contribution >= 4 is 17.3 Å². The lowest BCUT2D eigenvalue weighted by molar-refractivity contribution is 0.0526. The number of carbonyl (C=O) groups excluding carboxylic acids is 1. The first-order valence-electron chi connectivity index (χ1n) is 6.31. The Labute approximate surface area is 121 Å². The second-order valence-electron chi connectivity index (χ2n) is 4.11. The summed E-state index contributed by atoms with van der Waals surface area (Å²) in [5.41, 5.74) is 0.642. The van der Waals surface area contributed by atoms with E-state index in [-0.39, 0.29) is 35.0 Å². The van der Waals surface area contributed by atoms with Crippen LogP contribution in [0.1, 0.15) is 17.3 Å². The Hall–Kier alpha value is -2.89. The van der Waals surface area contributed by atoms with Crippen LogP contribution in [-0.2, 0) is 4.74 Å². The van der Waals surface area contributed by atoms with Crippen molar-refractivity contribution in [2.75, 3.05) is 6.61 Å². The maximum absolute atomic E-state index is 11.6. The molecule has 0 aromatic heterocycles. The van der Waals surface area contributed by atoms with Crippen molar-refractivity contribution in [2.45, 2.75) is 6.92 Å². The Morgan fingerprint density at radius 3 is 2.43 bits per heavy atom. The van der Waals surface area contributed by atoms with E-state index in [1.165, 1.54) is 24.3 Å². The number of esters is 1.